The van der Waals surface area contributed by atoms with E-state index in [0.29, 0.717) is 5.69 Å². The third kappa shape index (κ3) is 5.74. The van der Waals surface area contributed by atoms with Crippen molar-refractivity contribution in [1.82, 2.24) is 5.32 Å². The van der Waals surface area contributed by atoms with Crippen LogP contribution in [0.15, 0.2) is 29.2 Å². The Kier molecular flexibility index (Phi) is 6.67. The summed E-state index contributed by atoms with van der Waals surface area (Å²) < 4.78 is 4.82. The Bertz CT molecular complexity index is 506. The summed E-state index contributed by atoms with van der Waals surface area (Å²) in [6, 6.07) is 7.19. The molecular weight excluding hydrogens is 292 g/mol. The number of thioether (sulfide) groups is 1. The highest BCUT2D eigenvalue weighted by Gasteiger charge is 2.23. The van der Waals surface area contributed by atoms with Crippen molar-refractivity contribution in [3.63, 3.8) is 0 Å². The molecule has 2 amide bonds. The summed E-state index contributed by atoms with van der Waals surface area (Å²) in [7, 11) is 1.45. The van der Waals surface area contributed by atoms with Crippen LogP contribution in [0.3, 0.4) is 0 Å². The molecule has 0 radical (unpaired) electrons. The lowest BCUT2D eigenvalue weighted by molar-refractivity contribution is -0.137. The molecule has 0 spiro atoms. The van der Waals surface area contributed by atoms with Gasteiger partial charge < -0.3 is 20.5 Å². The topological polar surface area (TPSA) is 87.7 Å². The predicted molar refractivity (Wildman–Crippen MR) is 82.4 cm³/mol. The number of para-hydroxylation sites is 1. The van der Waals surface area contributed by atoms with Crippen molar-refractivity contribution in [2.24, 2.45) is 0 Å². The van der Waals surface area contributed by atoms with Crippen molar-refractivity contribution in [3.05, 3.63) is 24.3 Å². The number of hydrogen-bond donors (Lipinski definition) is 3. The fraction of sp³-hybridized carbons (Fsp3) is 0.429. The molecular formula is C14H20N2O4S. The molecule has 7 heteroatoms. The van der Waals surface area contributed by atoms with E-state index >= 15 is 0 Å². The number of ether oxygens (including phenoxy) is 1. The summed E-state index contributed by atoms with van der Waals surface area (Å²) in [4.78, 5) is 24.4. The molecule has 1 aromatic carbocycles. The summed E-state index contributed by atoms with van der Waals surface area (Å²) >= 11 is 1.47. The van der Waals surface area contributed by atoms with E-state index in [9.17, 15) is 14.7 Å². The molecule has 0 aromatic heterocycles. The molecule has 21 heavy (non-hydrogen) atoms. The molecule has 0 saturated heterocycles. The molecule has 0 fully saturated rings. The van der Waals surface area contributed by atoms with E-state index < -0.39 is 17.4 Å². The van der Waals surface area contributed by atoms with Gasteiger partial charge in [0.05, 0.1) is 12.3 Å². The number of hydrogen-bond acceptors (Lipinski definition) is 5. The molecule has 6 nitrogen and oxygen atoms in total. The molecule has 0 unspecified atom stereocenters. The average molecular weight is 312 g/mol. The van der Waals surface area contributed by atoms with Gasteiger partial charge in [-0.15, -0.1) is 11.8 Å². The van der Waals surface area contributed by atoms with E-state index in [2.05, 4.69) is 10.6 Å². The number of nitrogens with one attached hydrogen (secondary N) is 2. The second-order valence-electron chi connectivity index (χ2n) is 4.77. The fourth-order valence-corrected chi connectivity index (χ4v) is 2.19. The number of amides is 2. The largest absolute Gasteiger partial charge is 0.386 e. The number of rotatable bonds is 6. The first-order valence-electron chi connectivity index (χ1n) is 6.33. The van der Waals surface area contributed by atoms with Crippen LogP contribution in [0.1, 0.15) is 6.92 Å². The van der Waals surface area contributed by atoms with Crippen molar-refractivity contribution in [1.29, 1.82) is 0 Å². The quantitative estimate of drug-likeness (QED) is 0.536. The minimum absolute atomic E-state index is 0.0597. The molecule has 0 heterocycles. The summed E-state index contributed by atoms with van der Waals surface area (Å²) in [5.74, 6) is -1.58. The van der Waals surface area contributed by atoms with Gasteiger partial charge in [-0.1, -0.05) is 12.1 Å². The van der Waals surface area contributed by atoms with E-state index in [1.54, 1.807) is 12.1 Å². The lowest BCUT2D eigenvalue weighted by atomic mass is 10.1. The normalized spacial score (nSPS) is 13.3. The second-order valence-corrected chi connectivity index (χ2v) is 5.62. The van der Waals surface area contributed by atoms with Crippen molar-refractivity contribution in [2.45, 2.75) is 17.4 Å². The fourth-order valence-electron chi connectivity index (χ4n) is 1.64. The van der Waals surface area contributed by atoms with Gasteiger partial charge in [0.1, 0.15) is 5.60 Å². The lowest BCUT2D eigenvalue weighted by Crippen LogP contribution is -2.46. The average Bonchev–Trinajstić information content (AvgIpc) is 2.45. The van der Waals surface area contributed by atoms with E-state index in [1.165, 1.54) is 25.8 Å². The predicted octanol–water partition coefficient (Wildman–Crippen LogP) is 0.861. The Hall–Kier alpha value is -1.57. The van der Waals surface area contributed by atoms with E-state index in [4.69, 9.17) is 4.74 Å². The highest BCUT2D eigenvalue weighted by Crippen LogP contribution is 2.24. The van der Waals surface area contributed by atoms with E-state index in [1.807, 2.05) is 18.4 Å². The van der Waals surface area contributed by atoms with Crippen molar-refractivity contribution < 1.29 is 19.4 Å². The van der Waals surface area contributed by atoms with Crippen LogP contribution in [-0.4, -0.2) is 49.0 Å². The SMILES string of the molecule is COC[C@](C)(O)CNC(=O)C(=O)Nc1ccccc1SC. The Morgan fingerprint density at radius 3 is 2.62 bits per heavy atom. The molecule has 116 valence electrons. The van der Waals surface area contributed by atoms with Crippen molar-refractivity contribution in [3.8, 4) is 0 Å². The zero-order chi connectivity index (χ0) is 15.9. The first-order valence-corrected chi connectivity index (χ1v) is 7.55. The minimum atomic E-state index is -1.22. The molecule has 1 aromatic rings. The van der Waals surface area contributed by atoms with Gasteiger partial charge in [0, 0.05) is 18.6 Å². The smallest absolute Gasteiger partial charge is 0.313 e. The van der Waals surface area contributed by atoms with Crippen LogP contribution in [0.25, 0.3) is 0 Å². The first-order chi connectivity index (χ1) is 9.89. The number of anilines is 1. The zero-order valence-corrected chi connectivity index (χ0v) is 13.1. The molecule has 0 saturated carbocycles. The summed E-state index contributed by atoms with van der Waals surface area (Å²) in [6.45, 7) is 1.50. The Labute approximate surface area is 128 Å². The molecule has 0 aliphatic rings. The van der Waals surface area contributed by atoms with Crippen LogP contribution in [0, 0.1) is 0 Å². The van der Waals surface area contributed by atoms with Crippen LogP contribution in [0.4, 0.5) is 5.69 Å². The maximum absolute atomic E-state index is 11.8. The van der Waals surface area contributed by atoms with Crippen LogP contribution in [0.2, 0.25) is 0 Å². The molecule has 0 aliphatic heterocycles. The number of benzene rings is 1. The lowest BCUT2D eigenvalue weighted by Gasteiger charge is -2.22. The summed E-state index contributed by atoms with van der Waals surface area (Å²) in [6.07, 6.45) is 1.88. The Balaban J connectivity index is 2.57. The van der Waals surface area contributed by atoms with Gasteiger partial charge in [-0.25, -0.2) is 0 Å². The maximum Gasteiger partial charge on any atom is 0.313 e. The highest BCUT2D eigenvalue weighted by atomic mass is 32.2. The molecule has 1 rings (SSSR count). The summed E-state index contributed by atoms with van der Waals surface area (Å²) in [5.41, 5.74) is -0.643. The van der Waals surface area contributed by atoms with Gasteiger partial charge >= 0.3 is 11.8 Å². The van der Waals surface area contributed by atoms with Crippen molar-refractivity contribution >= 4 is 29.3 Å². The van der Waals surface area contributed by atoms with Crippen molar-refractivity contribution in [2.75, 3.05) is 31.8 Å². The Morgan fingerprint density at radius 1 is 1.33 bits per heavy atom. The molecule has 1 atom stereocenters. The van der Waals surface area contributed by atoms with E-state index in [-0.39, 0.29) is 13.2 Å². The number of aliphatic hydroxyl groups is 1. The third-order valence-corrected chi connectivity index (χ3v) is 3.44. The summed E-state index contributed by atoms with van der Waals surface area (Å²) in [5, 5.41) is 14.8. The van der Waals surface area contributed by atoms with Gasteiger partial charge in [0.2, 0.25) is 0 Å². The van der Waals surface area contributed by atoms with E-state index in [0.717, 1.165) is 4.90 Å². The van der Waals surface area contributed by atoms with Gasteiger partial charge in [-0.3, -0.25) is 9.59 Å². The highest BCUT2D eigenvalue weighted by molar-refractivity contribution is 7.98. The van der Waals surface area contributed by atoms with Crippen LogP contribution < -0.4 is 10.6 Å². The number of methoxy groups -OCH3 is 1. The van der Waals surface area contributed by atoms with Gasteiger partial charge in [0.25, 0.3) is 0 Å². The zero-order valence-electron chi connectivity index (χ0n) is 12.3. The first kappa shape index (κ1) is 17.5. The Morgan fingerprint density at radius 2 is 2.00 bits per heavy atom. The van der Waals surface area contributed by atoms with Crippen LogP contribution in [0.5, 0.6) is 0 Å². The van der Waals surface area contributed by atoms with Gasteiger partial charge in [0.15, 0.2) is 0 Å². The second kappa shape index (κ2) is 8.02. The van der Waals surface area contributed by atoms with Gasteiger partial charge in [-0.2, -0.15) is 0 Å². The molecule has 3 N–H and O–H groups in total. The third-order valence-electron chi connectivity index (χ3n) is 2.65. The number of carbonyl (C=O) groups excluding carboxylic acids is 2. The molecule has 0 bridgehead atoms. The van der Waals surface area contributed by atoms with Crippen LogP contribution >= 0.6 is 11.8 Å². The molecule has 0 aliphatic carbocycles. The number of carbonyl (C=O) groups is 2. The van der Waals surface area contributed by atoms with Crippen LogP contribution in [-0.2, 0) is 14.3 Å². The monoisotopic (exact) mass is 312 g/mol. The standard InChI is InChI=1S/C14H20N2O4S/c1-14(19,9-20-2)8-15-12(17)13(18)16-10-6-4-5-7-11(10)21-3/h4-7,19H,8-9H2,1-3H3,(H,15,17)(H,16,18)/t14-/m1/s1. The van der Waals surface area contributed by atoms with Gasteiger partial charge in [-0.05, 0) is 25.3 Å². The maximum atomic E-state index is 11.8. The minimum Gasteiger partial charge on any atom is -0.386 e.